The first-order valence-corrected chi connectivity index (χ1v) is 7.54. The van der Waals surface area contributed by atoms with Crippen molar-refractivity contribution < 1.29 is 4.79 Å². The summed E-state index contributed by atoms with van der Waals surface area (Å²) in [5.74, 6) is 1.50. The highest BCUT2D eigenvalue weighted by Crippen LogP contribution is 2.32. The highest BCUT2D eigenvalue weighted by Gasteiger charge is 2.39. The summed E-state index contributed by atoms with van der Waals surface area (Å²) in [6.45, 7) is 1.66. The SMILES string of the molecule is O=C1CC(CNc2nccc3cccnc23)CN1C1CC1. The molecule has 1 aliphatic carbocycles. The maximum atomic E-state index is 12.0. The van der Waals surface area contributed by atoms with Crippen molar-refractivity contribution in [1.29, 1.82) is 0 Å². The maximum Gasteiger partial charge on any atom is 0.223 e. The smallest absolute Gasteiger partial charge is 0.223 e. The fourth-order valence-corrected chi connectivity index (χ4v) is 3.06. The molecule has 2 aliphatic rings. The van der Waals surface area contributed by atoms with E-state index in [4.69, 9.17) is 0 Å². The van der Waals surface area contributed by atoms with E-state index in [2.05, 4.69) is 20.2 Å². The lowest BCUT2D eigenvalue weighted by atomic mass is 10.1. The molecule has 0 spiro atoms. The second-order valence-corrected chi connectivity index (χ2v) is 5.96. The zero-order chi connectivity index (χ0) is 14.2. The van der Waals surface area contributed by atoms with Crippen LogP contribution in [0.3, 0.4) is 0 Å². The molecule has 1 aliphatic heterocycles. The van der Waals surface area contributed by atoms with Crippen LogP contribution in [-0.4, -0.2) is 39.9 Å². The molecule has 1 N–H and O–H groups in total. The molecule has 1 saturated carbocycles. The third-order valence-electron chi connectivity index (χ3n) is 4.31. The van der Waals surface area contributed by atoms with Crippen LogP contribution in [0.2, 0.25) is 0 Å². The minimum absolute atomic E-state index is 0.313. The van der Waals surface area contributed by atoms with Gasteiger partial charge in [0.1, 0.15) is 5.52 Å². The van der Waals surface area contributed by atoms with Crippen LogP contribution in [0.1, 0.15) is 19.3 Å². The number of hydrogen-bond donors (Lipinski definition) is 1. The summed E-state index contributed by atoms with van der Waals surface area (Å²) in [5, 5.41) is 4.46. The molecule has 1 atom stereocenters. The van der Waals surface area contributed by atoms with Crippen LogP contribution < -0.4 is 5.32 Å². The number of hydrogen-bond acceptors (Lipinski definition) is 4. The first kappa shape index (κ1) is 12.6. The summed E-state index contributed by atoms with van der Waals surface area (Å²) >= 11 is 0. The first-order chi connectivity index (χ1) is 10.3. The standard InChI is InChI=1S/C16H18N4O/c21-14-8-11(10-20(14)13-3-4-13)9-19-16-15-12(5-7-18-16)2-1-6-17-15/h1-2,5-7,11,13H,3-4,8-10H2,(H,18,19). The molecule has 2 aromatic rings. The van der Waals surface area contributed by atoms with Crippen LogP contribution in [0.15, 0.2) is 30.6 Å². The lowest BCUT2D eigenvalue weighted by Gasteiger charge is -2.16. The number of rotatable bonds is 4. The summed E-state index contributed by atoms with van der Waals surface area (Å²) in [6, 6.07) is 6.44. The number of amides is 1. The van der Waals surface area contributed by atoms with Crippen LogP contribution in [0, 0.1) is 5.92 Å². The van der Waals surface area contributed by atoms with Crippen LogP contribution in [0.25, 0.3) is 10.9 Å². The van der Waals surface area contributed by atoms with E-state index in [1.807, 2.05) is 18.2 Å². The molecule has 2 aromatic heterocycles. The average Bonchev–Trinajstić information content (AvgIpc) is 3.28. The molecule has 1 amide bonds. The Hall–Kier alpha value is -2.17. The quantitative estimate of drug-likeness (QED) is 0.932. The Labute approximate surface area is 123 Å². The van der Waals surface area contributed by atoms with E-state index < -0.39 is 0 Å². The van der Waals surface area contributed by atoms with E-state index in [0.29, 0.717) is 24.3 Å². The number of fused-ring (bicyclic) bond motifs is 1. The third-order valence-corrected chi connectivity index (χ3v) is 4.31. The van der Waals surface area contributed by atoms with Gasteiger partial charge in [0.25, 0.3) is 0 Å². The number of pyridine rings is 2. The van der Waals surface area contributed by atoms with Crippen molar-refractivity contribution in [2.24, 2.45) is 5.92 Å². The van der Waals surface area contributed by atoms with E-state index >= 15 is 0 Å². The minimum atomic E-state index is 0.313. The van der Waals surface area contributed by atoms with Gasteiger partial charge >= 0.3 is 0 Å². The fourth-order valence-electron chi connectivity index (χ4n) is 3.06. The average molecular weight is 282 g/mol. The zero-order valence-electron chi connectivity index (χ0n) is 11.8. The minimum Gasteiger partial charge on any atom is -0.368 e. The molecule has 0 radical (unpaired) electrons. The van der Waals surface area contributed by atoms with Crippen molar-refractivity contribution in [3.05, 3.63) is 30.6 Å². The molecule has 3 heterocycles. The Bertz CT molecular complexity index is 678. The second-order valence-electron chi connectivity index (χ2n) is 5.96. The summed E-state index contributed by atoms with van der Waals surface area (Å²) < 4.78 is 0. The normalized spacial score (nSPS) is 22.0. The maximum absolute atomic E-state index is 12.0. The number of likely N-dealkylation sites (tertiary alicyclic amines) is 1. The number of anilines is 1. The molecule has 4 rings (SSSR count). The number of aromatic nitrogens is 2. The van der Waals surface area contributed by atoms with Gasteiger partial charge in [0, 0.05) is 49.2 Å². The Morgan fingerprint density at radius 2 is 2.14 bits per heavy atom. The van der Waals surface area contributed by atoms with Crippen molar-refractivity contribution in [2.45, 2.75) is 25.3 Å². The van der Waals surface area contributed by atoms with Gasteiger partial charge in [-0.1, -0.05) is 6.07 Å². The van der Waals surface area contributed by atoms with E-state index in [0.717, 1.165) is 29.8 Å². The lowest BCUT2D eigenvalue weighted by Crippen LogP contribution is -2.28. The monoisotopic (exact) mass is 282 g/mol. The fraction of sp³-hybridized carbons (Fsp3) is 0.438. The van der Waals surface area contributed by atoms with Gasteiger partial charge < -0.3 is 10.2 Å². The highest BCUT2D eigenvalue weighted by molar-refractivity contribution is 5.87. The second kappa shape index (κ2) is 4.98. The van der Waals surface area contributed by atoms with Gasteiger partial charge in [0.05, 0.1) is 0 Å². The molecule has 1 saturated heterocycles. The molecule has 5 nitrogen and oxygen atoms in total. The molecule has 5 heteroatoms. The van der Waals surface area contributed by atoms with E-state index in [1.165, 1.54) is 12.8 Å². The van der Waals surface area contributed by atoms with Crippen molar-refractivity contribution in [2.75, 3.05) is 18.4 Å². The van der Waals surface area contributed by atoms with E-state index in [1.54, 1.807) is 12.4 Å². The molecular weight excluding hydrogens is 264 g/mol. The molecule has 2 fully saturated rings. The largest absolute Gasteiger partial charge is 0.368 e. The van der Waals surface area contributed by atoms with Crippen molar-refractivity contribution >= 4 is 22.6 Å². The van der Waals surface area contributed by atoms with Crippen LogP contribution in [-0.2, 0) is 4.79 Å². The molecular formula is C16H18N4O. The van der Waals surface area contributed by atoms with Crippen molar-refractivity contribution in [1.82, 2.24) is 14.9 Å². The molecule has 108 valence electrons. The number of carbonyl (C=O) groups excluding carboxylic acids is 1. The summed E-state index contributed by atoms with van der Waals surface area (Å²) in [4.78, 5) is 22.8. The third kappa shape index (κ3) is 2.44. The number of carbonyl (C=O) groups is 1. The van der Waals surface area contributed by atoms with Crippen molar-refractivity contribution in [3.8, 4) is 0 Å². The summed E-state index contributed by atoms with van der Waals surface area (Å²) in [7, 11) is 0. The molecule has 0 bridgehead atoms. The Balaban J connectivity index is 1.45. The highest BCUT2D eigenvalue weighted by atomic mass is 16.2. The van der Waals surface area contributed by atoms with Gasteiger partial charge in [-0.2, -0.15) is 0 Å². The number of nitrogens with zero attached hydrogens (tertiary/aromatic N) is 3. The Kier molecular flexibility index (Phi) is 2.98. The van der Waals surface area contributed by atoms with Gasteiger partial charge in [0.15, 0.2) is 5.82 Å². The number of nitrogens with one attached hydrogen (secondary N) is 1. The van der Waals surface area contributed by atoms with Crippen LogP contribution >= 0.6 is 0 Å². The van der Waals surface area contributed by atoms with Crippen LogP contribution in [0.5, 0.6) is 0 Å². The van der Waals surface area contributed by atoms with E-state index in [-0.39, 0.29) is 0 Å². The molecule has 21 heavy (non-hydrogen) atoms. The van der Waals surface area contributed by atoms with Gasteiger partial charge in [-0.05, 0) is 25.0 Å². The summed E-state index contributed by atoms with van der Waals surface area (Å²) in [6.07, 6.45) is 6.59. The molecule has 0 aromatic carbocycles. The lowest BCUT2D eigenvalue weighted by molar-refractivity contribution is -0.128. The van der Waals surface area contributed by atoms with Gasteiger partial charge in [0.2, 0.25) is 5.91 Å². The summed E-state index contributed by atoms with van der Waals surface area (Å²) in [5.41, 5.74) is 0.892. The van der Waals surface area contributed by atoms with Gasteiger partial charge in [-0.15, -0.1) is 0 Å². The topological polar surface area (TPSA) is 58.1 Å². The molecule has 1 unspecified atom stereocenters. The first-order valence-electron chi connectivity index (χ1n) is 7.54. The van der Waals surface area contributed by atoms with E-state index in [9.17, 15) is 4.79 Å². The Morgan fingerprint density at radius 1 is 1.24 bits per heavy atom. The van der Waals surface area contributed by atoms with Gasteiger partial charge in [-0.3, -0.25) is 9.78 Å². The predicted octanol–water partition coefficient (Wildman–Crippen LogP) is 2.05. The van der Waals surface area contributed by atoms with Gasteiger partial charge in [-0.25, -0.2) is 4.98 Å². The predicted molar refractivity (Wildman–Crippen MR) is 80.9 cm³/mol. The Morgan fingerprint density at radius 3 is 3.00 bits per heavy atom. The van der Waals surface area contributed by atoms with Crippen molar-refractivity contribution in [3.63, 3.8) is 0 Å². The van der Waals surface area contributed by atoms with Crippen LogP contribution in [0.4, 0.5) is 5.82 Å². The zero-order valence-corrected chi connectivity index (χ0v) is 11.8.